The molecule has 0 N–H and O–H groups in total. The van der Waals surface area contributed by atoms with Crippen molar-refractivity contribution in [2.45, 2.75) is 19.9 Å². The zero-order chi connectivity index (χ0) is 14.1. The van der Waals surface area contributed by atoms with Crippen molar-refractivity contribution < 1.29 is 8.78 Å². The molecule has 3 aromatic rings. The Kier molecular flexibility index (Phi) is 3.26. The van der Waals surface area contributed by atoms with E-state index in [0.717, 1.165) is 23.4 Å². The molecule has 0 spiro atoms. The Balaban J connectivity index is 2.06. The number of nitrogens with zero attached hydrogens (tertiary/aromatic N) is 1. The van der Waals surface area contributed by atoms with Gasteiger partial charge < -0.3 is 4.57 Å². The number of halogens is 2. The van der Waals surface area contributed by atoms with Crippen LogP contribution in [0, 0.1) is 11.6 Å². The van der Waals surface area contributed by atoms with Crippen LogP contribution < -0.4 is 0 Å². The summed E-state index contributed by atoms with van der Waals surface area (Å²) in [4.78, 5) is 0. The lowest BCUT2D eigenvalue weighted by atomic mass is 10.1. The van der Waals surface area contributed by atoms with Gasteiger partial charge in [0.25, 0.3) is 0 Å². The molecule has 0 aliphatic carbocycles. The SMILES string of the molecule is CCc1cccc2ccn(Cc3cc(F)cc(F)c3)c12. The van der Waals surface area contributed by atoms with E-state index in [1.54, 1.807) is 0 Å². The van der Waals surface area contributed by atoms with E-state index < -0.39 is 11.6 Å². The molecule has 3 rings (SSSR count). The number of hydrogen-bond acceptors (Lipinski definition) is 0. The molecular formula is C17H15F2N. The van der Waals surface area contributed by atoms with Crippen LogP contribution >= 0.6 is 0 Å². The highest BCUT2D eigenvalue weighted by Crippen LogP contribution is 2.22. The van der Waals surface area contributed by atoms with Gasteiger partial charge in [0.1, 0.15) is 11.6 Å². The number of rotatable bonds is 3. The van der Waals surface area contributed by atoms with Gasteiger partial charge in [-0.1, -0.05) is 25.1 Å². The van der Waals surface area contributed by atoms with Gasteiger partial charge >= 0.3 is 0 Å². The molecule has 0 aliphatic rings. The Bertz CT molecular complexity index is 739. The third kappa shape index (κ3) is 2.31. The Morgan fingerprint density at radius 2 is 1.75 bits per heavy atom. The fraction of sp³-hybridized carbons (Fsp3) is 0.176. The van der Waals surface area contributed by atoms with Crippen molar-refractivity contribution in [3.05, 3.63) is 71.4 Å². The van der Waals surface area contributed by atoms with Gasteiger partial charge in [-0.15, -0.1) is 0 Å². The van der Waals surface area contributed by atoms with Gasteiger partial charge in [0.15, 0.2) is 0 Å². The van der Waals surface area contributed by atoms with E-state index in [1.165, 1.54) is 17.7 Å². The molecule has 2 aromatic carbocycles. The molecule has 0 aliphatic heterocycles. The van der Waals surface area contributed by atoms with Gasteiger partial charge in [-0.2, -0.15) is 0 Å². The van der Waals surface area contributed by atoms with E-state index >= 15 is 0 Å². The van der Waals surface area contributed by atoms with Crippen molar-refractivity contribution in [2.24, 2.45) is 0 Å². The van der Waals surface area contributed by atoms with Crippen molar-refractivity contribution >= 4 is 10.9 Å². The third-order valence-electron chi connectivity index (χ3n) is 3.53. The maximum Gasteiger partial charge on any atom is 0.126 e. The average molecular weight is 271 g/mol. The zero-order valence-electron chi connectivity index (χ0n) is 11.2. The van der Waals surface area contributed by atoms with E-state index in [0.29, 0.717) is 12.1 Å². The van der Waals surface area contributed by atoms with Gasteiger partial charge in [0.05, 0.1) is 5.52 Å². The second-order valence-corrected chi connectivity index (χ2v) is 4.93. The smallest absolute Gasteiger partial charge is 0.126 e. The Morgan fingerprint density at radius 3 is 2.45 bits per heavy atom. The third-order valence-corrected chi connectivity index (χ3v) is 3.53. The summed E-state index contributed by atoms with van der Waals surface area (Å²) in [6.07, 6.45) is 2.89. The molecule has 1 nitrogen and oxygen atoms in total. The topological polar surface area (TPSA) is 4.93 Å². The first-order valence-corrected chi connectivity index (χ1v) is 6.69. The first kappa shape index (κ1) is 12.9. The van der Waals surface area contributed by atoms with Crippen molar-refractivity contribution in [3.8, 4) is 0 Å². The summed E-state index contributed by atoms with van der Waals surface area (Å²) in [6, 6.07) is 11.9. The highest BCUT2D eigenvalue weighted by Gasteiger charge is 2.07. The summed E-state index contributed by atoms with van der Waals surface area (Å²) in [5.41, 5.74) is 3.01. The second-order valence-electron chi connectivity index (χ2n) is 4.93. The average Bonchev–Trinajstić information content (AvgIpc) is 2.81. The number of fused-ring (bicyclic) bond motifs is 1. The summed E-state index contributed by atoms with van der Waals surface area (Å²) in [7, 11) is 0. The molecule has 1 heterocycles. The van der Waals surface area contributed by atoms with E-state index in [1.807, 2.05) is 22.9 Å². The predicted octanol–water partition coefficient (Wildman–Crippen LogP) is 4.53. The van der Waals surface area contributed by atoms with Crippen LogP contribution in [-0.2, 0) is 13.0 Å². The minimum atomic E-state index is -0.535. The first-order chi connectivity index (χ1) is 9.67. The molecule has 20 heavy (non-hydrogen) atoms. The Hall–Kier alpha value is -2.16. The summed E-state index contributed by atoms with van der Waals surface area (Å²) in [5.74, 6) is -1.07. The summed E-state index contributed by atoms with van der Waals surface area (Å²) in [5, 5.41) is 1.15. The number of aromatic nitrogens is 1. The van der Waals surface area contributed by atoms with E-state index in [9.17, 15) is 8.78 Å². The Labute approximate surface area is 116 Å². The van der Waals surface area contributed by atoms with Gasteiger partial charge in [-0.05, 0) is 41.1 Å². The highest BCUT2D eigenvalue weighted by molar-refractivity contribution is 5.83. The maximum atomic E-state index is 13.3. The quantitative estimate of drug-likeness (QED) is 0.659. The minimum absolute atomic E-state index is 0.467. The molecule has 3 heteroatoms. The first-order valence-electron chi connectivity index (χ1n) is 6.69. The summed E-state index contributed by atoms with van der Waals surface area (Å²) >= 11 is 0. The minimum Gasteiger partial charge on any atom is -0.343 e. The van der Waals surface area contributed by atoms with Crippen LogP contribution in [0.2, 0.25) is 0 Å². The van der Waals surface area contributed by atoms with E-state index in [4.69, 9.17) is 0 Å². The molecule has 102 valence electrons. The van der Waals surface area contributed by atoms with Crippen LogP contribution in [0.15, 0.2) is 48.7 Å². The van der Waals surface area contributed by atoms with Crippen LogP contribution in [0.5, 0.6) is 0 Å². The molecule has 0 amide bonds. The van der Waals surface area contributed by atoms with Crippen LogP contribution in [0.1, 0.15) is 18.1 Å². The lowest BCUT2D eigenvalue weighted by molar-refractivity contribution is 0.578. The van der Waals surface area contributed by atoms with Crippen molar-refractivity contribution in [2.75, 3.05) is 0 Å². The molecule has 0 bridgehead atoms. The van der Waals surface area contributed by atoms with Gasteiger partial charge in [-0.3, -0.25) is 0 Å². The molecule has 0 atom stereocenters. The van der Waals surface area contributed by atoms with Crippen molar-refractivity contribution in [1.82, 2.24) is 4.57 Å². The maximum absolute atomic E-state index is 13.3. The fourth-order valence-corrected chi connectivity index (χ4v) is 2.66. The molecule has 0 fully saturated rings. The van der Waals surface area contributed by atoms with Crippen LogP contribution in [-0.4, -0.2) is 4.57 Å². The number of para-hydroxylation sites is 1. The lowest BCUT2D eigenvalue weighted by Crippen LogP contribution is -2.01. The number of aryl methyl sites for hydroxylation is 1. The molecule has 0 saturated carbocycles. The van der Waals surface area contributed by atoms with E-state index in [2.05, 4.69) is 19.1 Å². The largest absolute Gasteiger partial charge is 0.343 e. The van der Waals surface area contributed by atoms with Crippen molar-refractivity contribution in [3.63, 3.8) is 0 Å². The number of hydrogen-bond donors (Lipinski definition) is 0. The van der Waals surface area contributed by atoms with Gasteiger partial charge in [-0.25, -0.2) is 8.78 Å². The summed E-state index contributed by atoms with van der Waals surface area (Å²) < 4.78 is 28.6. The molecule has 0 saturated heterocycles. The summed E-state index contributed by atoms with van der Waals surface area (Å²) in [6.45, 7) is 2.57. The van der Waals surface area contributed by atoms with Crippen LogP contribution in [0.25, 0.3) is 10.9 Å². The van der Waals surface area contributed by atoms with Crippen molar-refractivity contribution in [1.29, 1.82) is 0 Å². The second kappa shape index (κ2) is 5.08. The van der Waals surface area contributed by atoms with Crippen LogP contribution in [0.3, 0.4) is 0 Å². The Morgan fingerprint density at radius 1 is 1.00 bits per heavy atom. The monoisotopic (exact) mass is 271 g/mol. The molecule has 0 radical (unpaired) electrons. The highest BCUT2D eigenvalue weighted by atomic mass is 19.1. The number of benzene rings is 2. The predicted molar refractivity (Wildman–Crippen MR) is 76.8 cm³/mol. The van der Waals surface area contributed by atoms with Crippen LogP contribution in [0.4, 0.5) is 8.78 Å². The zero-order valence-corrected chi connectivity index (χ0v) is 11.2. The molecule has 1 aromatic heterocycles. The van der Waals surface area contributed by atoms with Gasteiger partial charge in [0, 0.05) is 18.8 Å². The molecule has 0 unspecified atom stereocenters. The van der Waals surface area contributed by atoms with Gasteiger partial charge in [0.2, 0.25) is 0 Å². The fourth-order valence-electron chi connectivity index (χ4n) is 2.66. The van der Waals surface area contributed by atoms with E-state index in [-0.39, 0.29) is 0 Å². The molecular weight excluding hydrogens is 256 g/mol. The lowest BCUT2D eigenvalue weighted by Gasteiger charge is -2.09. The normalized spacial score (nSPS) is 11.2. The standard InChI is InChI=1S/C17H15F2N/c1-2-13-4-3-5-14-6-7-20(17(13)14)11-12-8-15(18)10-16(19)9-12/h3-10H,2,11H2,1H3.